The van der Waals surface area contributed by atoms with Gasteiger partial charge in [-0.15, -0.1) is 0 Å². The van der Waals surface area contributed by atoms with E-state index in [-0.39, 0.29) is 0 Å². The topological polar surface area (TPSA) is 24.5 Å². The van der Waals surface area contributed by atoms with Gasteiger partial charge in [0, 0.05) is 28.6 Å². The molecule has 0 amide bonds. The second-order valence-corrected chi connectivity index (χ2v) is 7.50. The molecule has 23 heavy (non-hydrogen) atoms. The van der Waals surface area contributed by atoms with Crippen LogP contribution in [0.4, 0.5) is 17.1 Å². The molecule has 2 aliphatic rings. The first kappa shape index (κ1) is 14.9. The Morgan fingerprint density at radius 1 is 0.913 bits per heavy atom. The van der Waals surface area contributed by atoms with Gasteiger partial charge in [0.25, 0.3) is 0 Å². The predicted octanol–water partition coefficient (Wildman–Crippen LogP) is 4.66. The minimum absolute atomic E-state index is 0.822. The maximum absolute atomic E-state index is 5.48. The van der Waals surface area contributed by atoms with Crippen LogP contribution in [0.3, 0.4) is 0 Å². The molecule has 3 nitrogen and oxygen atoms in total. The van der Waals surface area contributed by atoms with Crippen LogP contribution in [0.1, 0.15) is 16.7 Å². The van der Waals surface area contributed by atoms with Crippen molar-refractivity contribution in [3.05, 3.63) is 41.0 Å². The van der Waals surface area contributed by atoms with Crippen LogP contribution < -0.4 is 10.2 Å². The summed E-state index contributed by atoms with van der Waals surface area (Å²) in [4.78, 5) is 5.08. The SMILES string of the molecule is Cc1cc(C)c2c(c1)Sc1cc(N3CCOCC3)cc(C)c1N2. The summed E-state index contributed by atoms with van der Waals surface area (Å²) in [7, 11) is 0. The predicted molar refractivity (Wildman–Crippen MR) is 97.5 cm³/mol. The van der Waals surface area contributed by atoms with Gasteiger partial charge in [-0.1, -0.05) is 17.8 Å². The lowest BCUT2D eigenvalue weighted by atomic mass is 10.1. The maximum Gasteiger partial charge on any atom is 0.0642 e. The molecule has 1 N–H and O–H groups in total. The number of hydrogen-bond donors (Lipinski definition) is 1. The Hall–Kier alpha value is -1.65. The summed E-state index contributed by atoms with van der Waals surface area (Å²) in [5.74, 6) is 0. The van der Waals surface area contributed by atoms with Crippen molar-refractivity contribution < 1.29 is 4.74 Å². The van der Waals surface area contributed by atoms with E-state index in [1.807, 2.05) is 11.8 Å². The third-order valence-corrected chi connectivity index (χ3v) is 5.66. The maximum atomic E-state index is 5.48. The van der Waals surface area contributed by atoms with Gasteiger partial charge in [0.1, 0.15) is 0 Å². The van der Waals surface area contributed by atoms with Gasteiger partial charge in [-0.2, -0.15) is 0 Å². The van der Waals surface area contributed by atoms with E-state index in [2.05, 4.69) is 55.3 Å². The minimum Gasteiger partial charge on any atom is -0.378 e. The first-order chi connectivity index (χ1) is 11.1. The molecule has 0 bridgehead atoms. The Morgan fingerprint density at radius 2 is 1.57 bits per heavy atom. The minimum atomic E-state index is 0.822. The molecule has 0 saturated carbocycles. The van der Waals surface area contributed by atoms with Crippen molar-refractivity contribution in [2.45, 2.75) is 30.6 Å². The van der Waals surface area contributed by atoms with Gasteiger partial charge in [0.05, 0.1) is 24.6 Å². The van der Waals surface area contributed by atoms with Gasteiger partial charge in [-0.05, 0) is 55.7 Å². The molecule has 120 valence electrons. The average molecular weight is 326 g/mol. The van der Waals surface area contributed by atoms with E-state index < -0.39 is 0 Å². The van der Waals surface area contributed by atoms with E-state index in [0.717, 1.165) is 26.3 Å². The van der Waals surface area contributed by atoms with E-state index in [1.54, 1.807) is 0 Å². The Bertz CT molecular complexity index is 766. The van der Waals surface area contributed by atoms with Crippen LogP contribution in [0.25, 0.3) is 0 Å². The molecule has 4 heteroatoms. The molecule has 0 spiro atoms. The Balaban J connectivity index is 1.74. The lowest BCUT2D eigenvalue weighted by Gasteiger charge is -2.31. The molecule has 0 atom stereocenters. The summed E-state index contributed by atoms with van der Waals surface area (Å²) in [6, 6.07) is 9.15. The van der Waals surface area contributed by atoms with E-state index >= 15 is 0 Å². The van der Waals surface area contributed by atoms with Crippen molar-refractivity contribution in [2.24, 2.45) is 0 Å². The Morgan fingerprint density at radius 3 is 2.30 bits per heavy atom. The fourth-order valence-electron chi connectivity index (χ4n) is 3.39. The molecular formula is C19H22N2OS. The van der Waals surface area contributed by atoms with Crippen molar-refractivity contribution in [1.82, 2.24) is 0 Å². The molecule has 0 aliphatic carbocycles. The highest BCUT2D eigenvalue weighted by Gasteiger charge is 2.22. The zero-order valence-corrected chi connectivity index (χ0v) is 14.7. The van der Waals surface area contributed by atoms with Gasteiger partial charge in [-0.3, -0.25) is 0 Å². The molecule has 2 aliphatic heterocycles. The van der Waals surface area contributed by atoms with E-state index in [9.17, 15) is 0 Å². The summed E-state index contributed by atoms with van der Waals surface area (Å²) < 4.78 is 5.48. The van der Waals surface area contributed by atoms with E-state index in [0.29, 0.717) is 0 Å². The van der Waals surface area contributed by atoms with E-state index in [1.165, 1.54) is 43.5 Å². The van der Waals surface area contributed by atoms with Crippen molar-refractivity contribution >= 4 is 28.8 Å². The number of benzene rings is 2. The van der Waals surface area contributed by atoms with Gasteiger partial charge in [0.2, 0.25) is 0 Å². The Kier molecular flexibility index (Phi) is 3.74. The van der Waals surface area contributed by atoms with Crippen molar-refractivity contribution in [2.75, 3.05) is 36.5 Å². The number of nitrogens with zero attached hydrogens (tertiary/aromatic N) is 1. The van der Waals surface area contributed by atoms with Crippen molar-refractivity contribution in [3.63, 3.8) is 0 Å². The fraction of sp³-hybridized carbons (Fsp3) is 0.368. The normalized spacial score (nSPS) is 16.6. The molecule has 4 rings (SSSR count). The van der Waals surface area contributed by atoms with Crippen molar-refractivity contribution in [3.8, 4) is 0 Å². The highest BCUT2D eigenvalue weighted by Crippen LogP contribution is 2.48. The summed E-state index contributed by atoms with van der Waals surface area (Å²) in [6.45, 7) is 10.1. The number of hydrogen-bond acceptors (Lipinski definition) is 4. The van der Waals surface area contributed by atoms with Gasteiger partial charge < -0.3 is 15.0 Å². The third kappa shape index (κ3) is 2.70. The van der Waals surface area contributed by atoms with Crippen LogP contribution >= 0.6 is 11.8 Å². The van der Waals surface area contributed by atoms with Crippen LogP contribution in [0.5, 0.6) is 0 Å². The summed E-state index contributed by atoms with van der Waals surface area (Å²) >= 11 is 1.88. The second kappa shape index (κ2) is 5.77. The largest absolute Gasteiger partial charge is 0.378 e. The Labute approximate surface area is 142 Å². The number of nitrogens with one attached hydrogen (secondary N) is 1. The number of fused-ring (bicyclic) bond motifs is 2. The molecule has 0 radical (unpaired) electrons. The standard InChI is InChI=1S/C19H22N2OS/c1-12-8-13(2)18-16(9-12)23-17-11-15(10-14(3)19(17)20-18)21-4-6-22-7-5-21/h8-11,20H,4-7H2,1-3H3. The van der Waals surface area contributed by atoms with Crippen LogP contribution in [0.15, 0.2) is 34.1 Å². The average Bonchev–Trinajstić information content (AvgIpc) is 2.54. The highest BCUT2D eigenvalue weighted by atomic mass is 32.2. The fourth-order valence-corrected chi connectivity index (χ4v) is 4.68. The van der Waals surface area contributed by atoms with Gasteiger partial charge in [-0.25, -0.2) is 0 Å². The van der Waals surface area contributed by atoms with Gasteiger partial charge >= 0.3 is 0 Å². The molecule has 2 aromatic rings. The van der Waals surface area contributed by atoms with Crippen LogP contribution in [0, 0.1) is 20.8 Å². The molecule has 1 saturated heterocycles. The van der Waals surface area contributed by atoms with Gasteiger partial charge in [0.15, 0.2) is 0 Å². The second-order valence-electron chi connectivity index (χ2n) is 6.42. The smallest absolute Gasteiger partial charge is 0.0642 e. The monoisotopic (exact) mass is 326 g/mol. The number of anilines is 3. The highest BCUT2D eigenvalue weighted by molar-refractivity contribution is 7.99. The first-order valence-electron chi connectivity index (χ1n) is 8.15. The lowest BCUT2D eigenvalue weighted by molar-refractivity contribution is 0.122. The molecule has 0 aromatic heterocycles. The molecule has 0 unspecified atom stereocenters. The number of morpholine rings is 1. The zero-order valence-electron chi connectivity index (χ0n) is 13.9. The third-order valence-electron chi connectivity index (χ3n) is 4.57. The summed E-state index contributed by atoms with van der Waals surface area (Å²) in [5, 5.41) is 3.67. The number of aryl methyl sites for hydroxylation is 3. The number of rotatable bonds is 1. The van der Waals surface area contributed by atoms with Crippen LogP contribution in [0.2, 0.25) is 0 Å². The molecule has 2 aromatic carbocycles. The zero-order chi connectivity index (χ0) is 16.0. The molecular weight excluding hydrogens is 304 g/mol. The van der Waals surface area contributed by atoms with Crippen LogP contribution in [-0.4, -0.2) is 26.3 Å². The molecule has 1 fully saturated rings. The first-order valence-corrected chi connectivity index (χ1v) is 8.97. The number of ether oxygens (including phenoxy) is 1. The van der Waals surface area contributed by atoms with Crippen LogP contribution in [-0.2, 0) is 4.74 Å². The van der Waals surface area contributed by atoms with Crippen molar-refractivity contribution in [1.29, 1.82) is 0 Å². The summed E-state index contributed by atoms with van der Waals surface area (Å²) in [6.07, 6.45) is 0. The summed E-state index contributed by atoms with van der Waals surface area (Å²) in [5.41, 5.74) is 7.77. The molecule has 2 heterocycles. The van der Waals surface area contributed by atoms with E-state index in [4.69, 9.17) is 4.74 Å². The lowest BCUT2D eigenvalue weighted by Crippen LogP contribution is -2.36. The quantitative estimate of drug-likeness (QED) is 0.703.